The lowest BCUT2D eigenvalue weighted by Gasteiger charge is -2.23. The van der Waals surface area contributed by atoms with Crippen molar-refractivity contribution in [2.45, 2.75) is 44.7 Å². The Bertz CT molecular complexity index is 399. The normalized spacial score (nSPS) is 19.1. The molecule has 2 rings (SSSR count). The van der Waals surface area contributed by atoms with Crippen LogP contribution < -0.4 is 10.6 Å². The molecule has 104 valence electrons. The van der Waals surface area contributed by atoms with E-state index in [-0.39, 0.29) is 11.7 Å². The molecule has 1 fully saturated rings. The Hall–Kier alpha value is -1.42. The molecule has 1 unspecified atom stereocenters. The zero-order valence-corrected chi connectivity index (χ0v) is 11.1. The summed E-state index contributed by atoms with van der Waals surface area (Å²) in [6, 6.07) is 6.70. The fourth-order valence-corrected chi connectivity index (χ4v) is 2.37. The average Bonchev–Trinajstić information content (AvgIpc) is 2.45. The number of halogens is 1. The third-order valence-corrected chi connectivity index (χ3v) is 3.54. The molecule has 0 saturated carbocycles. The summed E-state index contributed by atoms with van der Waals surface area (Å²) in [5.74, 6) is -0.185. The van der Waals surface area contributed by atoms with Crippen LogP contribution in [-0.4, -0.2) is 18.5 Å². The van der Waals surface area contributed by atoms with Gasteiger partial charge in [0, 0.05) is 19.0 Å². The van der Waals surface area contributed by atoms with Gasteiger partial charge in [0.25, 0.3) is 0 Å². The molecule has 19 heavy (non-hydrogen) atoms. The smallest absolute Gasteiger partial charge is 0.220 e. The van der Waals surface area contributed by atoms with Crippen LogP contribution in [0.5, 0.6) is 0 Å². The summed E-state index contributed by atoms with van der Waals surface area (Å²) in [6.07, 6.45) is 5.13. The number of carbonyl (C=O) groups is 1. The number of hydrogen-bond donors (Lipinski definition) is 2. The molecule has 1 amide bonds. The molecule has 0 spiro atoms. The Labute approximate surface area is 113 Å². The molecule has 0 aromatic heterocycles. The van der Waals surface area contributed by atoms with E-state index in [9.17, 15) is 9.18 Å². The maximum Gasteiger partial charge on any atom is 0.220 e. The minimum atomic E-state index is -0.251. The second kappa shape index (κ2) is 7.24. The van der Waals surface area contributed by atoms with Gasteiger partial charge in [-0.1, -0.05) is 18.6 Å². The summed E-state index contributed by atoms with van der Waals surface area (Å²) in [4.78, 5) is 11.7. The summed E-state index contributed by atoms with van der Waals surface area (Å²) < 4.78 is 12.7. The van der Waals surface area contributed by atoms with Gasteiger partial charge < -0.3 is 10.6 Å². The van der Waals surface area contributed by atoms with Gasteiger partial charge in [-0.2, -0.15) is 0 Å². The molecule has 1 aliphatic rings. The standard InChI is InChI=1S/C15H21FN2O/c16-13-6-4-12(5-7-13)11-18-15(19)9-8-14-3-1-2-10-17-14/h4-7,14,17H,1-3,8-11H2,(H,18,19). The van der Waals surface area contributed by atoms with E-state index in [1.807, 2.05) is 0 Å². The van der Waals surface area contributed by atoms with Crippen molar-refractivity contribution in [3.8, 4) is 0 Å². The number of hydrogen-bond acceptors (Lipinski definition) is 2. The van der Waals surface area contributed by atoms with E-state index in [4.69, 9.17) is 0 Å². The largest absolute Gasteiger partial charge is 0.352 e. The van der Waals surface area contributed by atoms with Gasteiger partial charge in [0.05, 0.1) is 0 Å². The molecular formula is C15H21FN2O. The molecular weight excluding hydrogens is 243 g/mol. The molecule has 1 atom stereocenters. The number of carbonyl (C=O) groups excluding carboxylic acids is 1. The van der Waals surface area contributed by atoms with E-state index < -0.39 is 0 Å². The van der Waals surface area contributed by atoms with Gasteiger partial charge in [-0.05, 0) is 43.5 Å². The zero-order valence-electron chi connectivity index (χ0n) is 11.1. The highest BCUT2D eigenvalue weighted by Crippen LogP contribution is 2.11. The van der Waals surface area contributed by atoms with E-state index in [1.165, 1.54) is 31.4 Å². The first-order chi connectivity index (χ1) is 9.24. The summed E-state index contributed by atoms with van der Waals surface area (Å²) in [7, 11) is 0. The Morgan fingerprint density at radius 2 is 2.11 bits per heavy atom. The Kier molecular flexibility index (Phi) is 5.33. The minimum Gasteiger partial charge on any atom is -0.352 e. The highest BCUT2D eigenvalue weighted by Gasteiger charge is 2.13. The van der Waals surface area contributed by atoms with Gasteiger partial charge in [-0.25, -0.2) is 4.39 Å². The van der Waals surface area contributed by atoms with Gasteiger partial charge in [0.15, 0.2) is 0 Å². The highest BCUT2D eigenvalue weighted by molar-refractivity contribution is 5.75. The molecule has 1 heterocycles. The fraction of sp³-hybridized carbons (Fsp3) is 0.533. The summed E-state index contributed by atoms with van der Waals surface area (Å²) in [6.45, 7) is 1.54. The minimum absolute atomic E-state index is 0.0664. The van der Waals surface area contributed by atoms with Crippen molar-refractivity contribution in [1.82, 2.24) is 10.6 Å². The maximum atomic E-state index is 12.7. The van der Waals surface area contributed by atoms with Gasteiger partial charge in [0.2, 0.25) is 5.91 Å². The van der Waals surface area contributed by atoms with Gasteiger partial charge in [-0.15, -0.1) is 0 Å². The Balaban J connectivity index is 1.65. The van der Waals surface area contributed by atoms with Crippen LogP contribution in [0.2, 0.25) is 0 Å². The molecule has 1 aromatic rings. The lowest BCUT2D eigenvalue weighted by molar-refractivity contribution is -0.121. The predicted octanol–water partition coefficient (Wildman–Crippen LogP) is 2.36. The van der Waals surface area contributed by atoms with Crippen LogP contribution in [-0.2, 0) is 11.3 Å². The number of amides is 1. The molecule has 0 radical (unpaired) electrons. The Morgan fingerprint density at radius 3 is 2.79 bits per heavy atom. The first-order valence-electron chi connectivity index (χ1n) is 6.98. The van der Waals surface area contributed by atoms with E-state index >= 15 is 0 Å². The molecule has 1 saturated heterocycles. The molecule has 4 heteroatoms. The molecule has 0 bridgehead atoms. The first-order valence-corrected chi connectivity index (χ1v) is 6.98. The molecule has 1 aliphatic heterocycles. The Morgan fingerprint density at radius 1 is 1.32 bits per heavy atom. The number of rotatable bonds is 5. The predicted molar refractivity (Wildman–Crippen MR) is 73.1 cm³/mol. The molecule has 0 aliphatic carbocycles. The highest BCUT2D eigenvalue weighted by atomic mass is 19.1. The molecule has 3 nitrogen and oxygen atoms in total. The monoisotopic (exact) mass is 264 g/mol. The van der Waals surface area contributed by atoms with E-state index in [1.54, 1.807) is 12.1 Å². The number of benzene rings is 1. The lowest BCUT2D eigenvalue weighted by Crippen LogP contribution is -2.35. The second-order valence-corrected chi connectivity index (χ2v) is 5.09. The third-order valence-electron chi connectivity index (χ3n) is 3.54. The van der Waals surface area contributed by atoms with Crippen molar-refractivity contribution in [2.24, 2.45) is 0 Å². The molecule has 2 N–H and O–H groups in total. The van der Waals surface area contributed by atoms with E-state index in [0.29, 0.717) is 19.0 Å². The first kappa shape index (κ1) is 14.0. The summed E-state index contributed by atoms with van der Waals surface area (Å²) >= 11 is 0. The van der Waals surface area contributed by atoms with Crippen LogP contribution in [0, 0.1) is 5.82 Å². The summed E-state index contributed by atoms with van der Waals surface area (Å²) in [5.41, 5.74) is 0.922. The van der Waals surface area contributed by atoms with Crippen LogP contribution in [0.4, 0.5) is 4.39 Å². The van der Waals surface area contributed by atoms with Crippen molar-refractivity contribution in [3.05, 3.63) is 35.6 Å². The van der Waals surface area contributed by atoms with Gasteiger partial charge in [-0.3, -0.25) is 4.79 Å². The van der Waals surface area contributed by atoms with Crippen LogP contribution in [0.25, 0.3) is 0 Å². The van der Waals surface area contributed by atoms with Crippen molar-refractivity contribution in [2.75, 3.05) is 6.54 Å². The van der Waals surface area contributed by atoms with Crippen LogP contribution in [0.1, 0.15) is 37.7 Å². The van der Waals surface area contributed by atoms with Crippen LogP contribution in [0.3, 0.4) is 0 Å². The van der Waals surface area contributed by atoms with Crippen molar-refractivity contribution < 1.29 is 9.18 Å². The lowest BCUT2D eigenvalue weighted by atomic mass is 10.0. The SMILES string of the molecule is O=C(CCC1CCCCN1)NCc1ccc(F)cc1. The van der Waals surface area contributed by atoms with E-state index in [0.717, 1.165) is 18.5 Å². The van der Waals surface area contributed by atoms with Crippen molar-refractivity contribution in [3.63, 3.8) is 0 Å². The quantitative estimate of drug-likeness (QED) is 0.857. The zero-order chi connectivity index (χ0) is 13.5. The van der Waals surface area contributed by atoms with Crippen LogP contribution in [0.15, 0.2) is 24.3 Å². The second-order valence-electron chi connectivity index (χ2n) is 5.09. The fourth-order valence-electron chi connectivity index (χ4n) is 2.37. The van der Waals surface area contributed by atoms with Crippen LogP contribution >= 0.6 is 0 Å². The van der Waals surface area contributed by atoms with Gasteiger partial charge in [0.1, 0.15) is 5.82 Å². The van der Waals surface area contributed by atoms with Gasteiger partial charge >= 0.3 is 0 Å². The maximum absolute atomic E-state index is 12.7. The van der Waals surface area contributed by atoms with E-state index in [2.05, 4.69) is 10.6 Å². The third kappa shape index (κ3) is 4.99. The summed E-state index contributed by atoms with van der Waals surface area (Å²) in [5, 5.41) is 6.30. The topological polar surface area (TPSA) is 41.1 Å². The average molecular weight is 264 g/mol. The number of piperidine rings is 1. The van der Waals surface area contributed by atoms with Crippen molar-refractivity contribution >= 4 is 5.91 Å². The van der Waals surface area contributed by atoms with Crippen molar-refractivity contribution in [1.29, 1.82) is 0 Å². The molecule has 1 aromatic carbocycles. The number of nitrogens with one attached hydrogen (secondary N) is 2.